The van der Waals surface area contributed by atoms with E-state index in [4.69, 9.17) is 13.9 Å². The molecule has 0 aliphatic rings. The van der Waals surface area contributed by atoms with Gasteiger partial charge in [0.2, 0.25) is 5.75 Å². The first-order valence-corrected chi connectivity index (χ1v) is 5.69. The lowest BCUT2D eigenvalue weighted by Crippen LogP contribution is -2.15. The number of nitrogens with one attached hydrogen (secondary N) is 1. The Hall–Kier alpha value is -2.08. The highest BCUT2D eigenvalue weighted by molar-refractivity contribution is 5.92. The van der Waals surface area contributed by atoms with Crippen LogP contribution in [0.5, 0.6) is 5.75 Å². The summed E-state index contributed by atoms with van der Waals surface area (Å²) in [5.74, 6) is -0.372. The third-order valence-electron chi connectivity index (χ3n) is 2.14. The average Bonchev–Trinajstić information content (AvgIpc) is 2.31. The molecule has 1 aromatic rings. The Labute approximate surface area is 111 Å². The van der Waals surface area contributed by atoms with Crippen molar-refractivity contribution in [3.63, 3.8) is 0 Å². The van der Waals surface area contributed by atoms with Gasteiger partial charge in [0.25, 0.3) is 0 Å². The highest BCUT2D eigenvalue weighted by atomic mass is 16.5. The number of rotatable bonds is 7. The van der Waals surface area contributed by atoms with Crippen LogP contribution in [0, 0.1) is 0 Å². The van der Waals surface area contributed by atoms with Crippen LogP contribution in [-0.4, -0.2) is 26.1 Å². The Balaban J connectivity index is 3.15. The molecule has 0 unspecified atom stereocenters. The topological polar surface area (TPSA) is 77.8 Å². The average molecular weight is 267 g/mol. The molecular weight excluding hydrogens is 250 g/mol. The van der Waals surface area contributed by atoms with Gasteiger partial charge in [-0.2, -0.15) is 0 Å². The maximum atomic E-state index is 11.8. The van der Waals surface area contributed by atoms with E-state index in [0.29, 0.717) is 18.0 Å². The number of hydrogen-bond acceptors (Lipinski definition) is 6. The van der Waals surface area contributed by atoms with Crippen molar-refractivity contribution in [2.24, 2.45) is 0 Å². The first kappa shape index (κ1) is 15.0. The van der Waals surface area contributed by atoms with Gasteiger partial charge in [0.1, 0.15) is 6.61 Å². The van der Waals surface area contributed by atoms with Crippen LogP contribution in [0.1, 0.15) is 24.4 Å². The molecule has 6 nitrogen and oxygen atoms in total. The minimum absolute atomic E-state index is 0.00468. The van der Waals surface area contributed by atoms with Crippen LogP contribution in [0.25, 0.3) is 0 Å². The Morgan fingerprint density at radius 1 is 1.42 bits per heavy atom. The zero-order valence-corrected chi connectivity index (χ0v) is 11.2. The molecule has 104 valence electrons. The molecule has 0 aliphatic heterocycles. The van der Waals surface area contributed by atoms with Gasteiger partial charge in [-0.25, -0.2) is 4.79 Å². The van der Waals surface area contributed by atoms with Crippen molar-refractivity contribution in [1.29, 1.82) is 0 Å². The summed E-state index contributed by atoms with van der Waals surface area (Å²) in [7, 11) is 1.53. The fraction of sp³-hybridized carbons (Fsp3) is 0.385. The summed E-state index contributed by atoms with van der Waals surface area (Å²) in [4.78, 5) is 23.1. The summed E-state index contributed by atoms with van der Waals surface area (Å²) in [6.07, 6.45) is 0. The van der Waals surface area contributed by atoms with Gasteiger partial charge in [-0.15, -0.1) is 0 Å². The van der Waals surface area contributed by atoms with E-state index in [1.165, 1.54) is 20.1 Å². The quantitative estimate of drug-likeness (QED) is 0.599. The van der Waals surface area contributed by atoms with E-state index in [2.05, 4.69) is 11.9 Å². The lowest BCUT2D eigenvalue weighted by atomic mass is 10.2. The third kappa shape index (κ3) is 4.26. The van der Waals surface area contributed by atoms with Gasteiger partial charge >= 0.3 is 5.63 Å². The summed E-state index contributed by atoms with van der Waals surface area (Å²) in [6.45, 7) is 7.25. The molecular formula is C13H17NO5. The largest absolute Gasteiger partial charge is 0.483 e. The molecule has 1 aromatic heterocycles. The lowest BCUT2D eigenvalue weighted by Gasteiger charge is -2.12. The molecule has 1 heterocycles. The number of anilines is 1. The van der Waals surface area contributed by atoms with Crippen molar-refractivity contribution in [3.05, 3.63) is 34.5 Å². The normalized spacial score (nSPS) is 10.1. The second-order valence-corrected chi connectivity index (χ2v) is 3.94. The maximum Gasteiger partial charge on any atom is 0.381 e. The molecule has 0 radical (unpaired) electrons. The van der Waals surface area contributed by atoms with Crippen LogP contribution in [0.3, 0.4) is 0 Å². The van der Waals surface area contributed by atoms with Crippen molar-refractivity contribution >= 4 is 11.5 Å². The van der Waals surface area contributed by atoms with Crippen LogP contribution in [0.15, 0.2) is 27.6 Å². The van der Waals surface area contributed by atoms with Crippen molar-refractivity contribution in [3.8, 4) is 5.75 Å². The molecule has 1 N–H and O–H groups in total. The van der Waals surface area contributed by atoms with Gasteiger partial charge in [-0.1, -0.05) is 6.58 Å². The van der Waals surface area contributed by atoms with E-state index in [1.807, 2.05) is 0 Å². The summed E-state index contributed by atoms with van der Waals surface area (Å²) in [5, 5.41) is 2.86. The van der Waals surface area contributed by atoms with E-state index < -0.39 is 5.63 Å². The van der Waals surface area contributed by atoms with Gasteiger partial charge < -0.3 is 19.2 Å². The number of methoxy groups -OCH3 is 1. The lowest BCUT2D eigenvalue weighted by molar-refractivity contribution is 0.0980. The zero-order chi connectivity index (χ0) is 14.4. The number of hydrogen-bond donors (Lipinski definition) is 1. The van der Waals surface area contributed by atoms with Crippen molar-refractivity contribution in [2.75, 3.05) is 25.6 Å². The molecule has 0 amide bonds. The molecule has 0 saturated heterocycles. The minimum atomic E-state index is -0.715. The van der Waals surface area contributed by atoms with E-state index in [9.17, 15) is 9.59 Å². The Morgan fingerprint density at radius 3 is 2.63 bits per heavy atom. The predicted molar refractivity (Wildman–Crippen MR) is 70.8 cm³/mol. The predicted octanol–water partition coefficient (Wildman–Crippen LogP) is 1.81. The first-order chi connectivity index (χ1) is 8.95. The molecule has 0 spiro atoms. The molecule has 1 rings (SSSR count). The Kier molecular flexibility index (Phi) is 5.32. The van der Waals surface area contributed by atoms with Gasteiger partial charge in [0, 0.05) is 25.8 Å². The second-order valence-electron chi connectivity index (χ2n) is 3.94. The summed E-state index contributed by atoms with van der Waals surface area (Å²) >= 11 is 0. The Morgan fingerprint density at radius 2 is 2.11 bits per heavy atom. The summed E-state index contributed by atoms with van der Waals surface area (Å²) in [5.41, 5.74) is 0.245. The molecule has 0 aliphatic carbocycles. The summed E-state index contributed by atoms with van der Waals surface area (Å²) < 4.78 is 15.0. The fourth-order valence-electron chi connectivity index (χ4n) is 1.34. The monoisotopic (exact) mass is 267 g/mol. The second kappa shape index (κ2) is 6.75. The van der Waals surface area contributed by atoms with Gasteiger partial charge in [-0.05, 0) is 6.92 Å². The van der Waals surface area contributed by atoms with Gasteiger partial charge in [0.15, 0.2) is 11.5 Å². The molecule has 0 atom stereocenters. The minimum Gasteiger partial charge on any atom is -0.483 e. The highest BCUT2D eigenvalue weighted by Gasteiger charge is 2.15. The molecule has 6 heteroatoms. The molecule has 0 bridgehead atoms. The fourth-order valence-corrected chi connectivity index (χ4v) is 1.34. The number of Topliss-reactive ketones (excluding diaryl/α,β-unsaturated/α-hetero) is 1. The van der Waals surface area contributed by atoms with Gasteiger partial charge in [0.05, 0.1) is 12.3 Å². The number of carbonyl (C=O) groups excluding carboxylic acids is 1. The maximum absolute atomic E-state index is 11.8. The van der Waals surface area contributed by atoms with Gasteiger partial charge in [-0.3, -0.25) is 4.79 Å². The van der Waals surface area contributed by atoms with Crippen molar-refractivity contribution < 1.29 is 18.7 Å². The first-order valence-electron chi connectivity index (χ1n) is 5.69. The van der Waals surface area contributed by atoms with Crippen LogP contribution in [0.2, 0.25) is 0 Å². The number of allylic oxidation sites excluding steroid dienone is 1. The van der Waals surface area contributed by atoms with E-state index >= 15 is 0 Å². The SMILES string of the molecule is C=C(C)Nc1cc(C(C)=O)oc(=O)c1OCCOC. The van der Waals surface area contributed by atoms with Crippen LogP contribution in [0.4, 0.5) is 5.69 Å². The number of carbonyl (C=O) groups is 1. The molecule has 19 heavy (non-hydrogen) atoms. The van der Waals surface area contributed by atoms with E-state index in [1.54, 1.807) is 6.92 Å². The number of ketones is 1. The number of ether oxygens (including phenoxy) is 2. The van der Waals surface area contributed by atoms with E-state index in [-0.39, 0.29) is 23.9 Å². The van der Waals surface area contributed by atoms with Crippen molar-refractivity contribution in [2.45, 2.75) is 13.8 Å². The molecule has 0 fully saturated rings. The summed E-state index contributed by atoms with van der Waals surface area (Å²) in [6, 6.07) is 1.42. The smallest absolute Gasteiger partial charge is 0.381 e. The molecule has 0 aromatic carbocycles. The third-order valence-corrected chi connectivity index (χ3v) is 2.14. The van der Waals surface area contributed by atoms with Crippen LogP contribution >= 0.6 is 0 Å². The zero-order valence-electron chi connectivity index (χ0n) is 11.2. The van der Waals surface area contributed by atoms with E-state index in [0.717, 1.165) is 0 Å². The van der Waals surface area contributed by atoms with Crippen LogP contribution < -0.4 is 15.7 Å². The standard InChI is InChI=1S/C13H17NO5/c1-8(2)14-10-7-11(9(3)15)19-13(16)12(10)18-6-5-17-4/h7,14H,1,5-6H2,2-4H3. The molecule has 0 saturated carbocycles. The highest BCUT2D eigenvalue weighted by Crippen LogP contribution is 2.23. The van der Waals surface area contributed by atoms with Crippen molar-refractivity contribution in [1.82, 2.24) is 0 Å². The van der Waals surface area contributed by atoms with Crippen LogP contribution in [-0.2, 0) is 4.74 Å². The Bertz CT molecular complexity index is 532.